The van der Waals surface area contributed by atoms with Crippen LogP contribution in [0.1, 0.15) is 25.7 Å². The van der Waals surface area contributed by atoms with Crippen LogP contribution in [0.25, 0.3) is 4.96 Å². The Morgan fingerprint density at radius 2 is 1.95 bits per heavy atom. The molecule has 1 amide bonds. The largest absolute Gasteiger partial charge is 0.465 e. The maximum absolute atomic E-state index is 12.2. The van der Waals surface area contributed by atoms with Crippen LogP contribution in [0, 0.1) is 6.92 Å². The molecule has 1 aromatic carbocycles. The maximum atomic E-state index is 12.2. The number of nitrogens with zero attached hydrogens (tertiary/aromatic N) is 2. The Hall–Kier alpha value is -2.67. The summed E-state index contributed by atoms with van der Waals surface area (Å²) in [5.74, 6) is -0.707. The second-order valence-corrected chi connectivity index (χ2v) is 5.89. The van der Waals surface area contributed by atoms with Gasteiger partial charge in [0, 0.05) is 23.0 Å². The number of aryl methyl sites for hydroxylation is 1. The minimum Gasteiger partial charge on any atom is -0.465 e. The van der Waals surface area contributed by atoms with E-state index in [1.54, 1.807) is 30.5 Å². The molecule has 3 aromatic rings. The molecule has 0 saturated carbocycles. The van der Waals surface area contributed by atoms with Crippen molar-refractivity contribution < 1.29 is 14.3 Å². The number of carbonyl (C=O) groups is 2. The number of anilines is 1. The van der Waals surface area contributed by atoms with Crippen molar-refractivity contribution in [2.45, 2.75) is 6.92 Å². The number of hydrogen-bond acceptors (Lipinski definition) is 5. The number of fused-ring (bicyclic) bond motifs is 1. The molecule has 0 fully saturated rings. The third kappa shape index (κ3) is 2.71. The monoisotopic (exact) mass is 315 g/mol. The van der Waals surface area contributed by atoms with E-state index in [1.807, 2.05) is 17.5 Å². The highest BCUT2D eigenvalue weighted by atomic mass is 32.1. The zero-order valence-corrected chi connectivity index (χ0v) is 12.8. The average Bonchev–Trinajstić information content (AvgIpc) is 3.04. The Morgan fingerprint density at radius 1 is 1.23 bits per heavy atom. The van der Waals surface area contributed by atoms with Gasteiger partial charge in [0.1, 0.15) is 5.69 Å². The standard InChI is InChI=1S/C15H13N3O3S/c1-9-7-18-8-12(17-15(18)22-9)13(19)16-11-5-3-10(4-6-11)14(20)21-2/h3-8H,1-2H3,(H,16,19). The second-order valence-electron chi connectivity index (χ2n) is 4.68. The number of carbonyl (C=O) groups excluding carboxylic acids is 2. The Kier molecular flexibility index (Phi) is 3.64. The molecular formula is C15H13N3O3S. The highest BCUT2D eigenvalue weighted by Gasteiger charge is 2.13. The van der Waals surface area contributed by atoms with Gasteiger partial charge in [-0.15, -0.1) is 11.3 Å². The van der Waals surface area contributed by atoms with E-state index in [9.17, 15) is 9.59 Å². The summed E-state index contributed by atoms with van der Waals surface area (Å²) in [6.45, 7) is 1.99. The zero-order valence-electron chi connectivity index (χ0n) is 12.0. The fourth-order valence-corrected chi connectivity index (χ4v) is 2.83. The molecule has 3 rings (SSSR count). The van der Waals surface area contributed by atoms with E-state index in [2.05, 4.69) is 15.0 Å². The van der Waals surface area contributed by atoms with Gasteiger partial charge < -0.3 is 10.1 Å². The first-order valence-electron chi connectivity index (χ1n) is 6.51. The second kappa shape index (κ2) is 5.61. The molecule has 7 heteroatoms. The third-order valence-electron chi connectivity index (χ3n) is 3.07. The first-order chi connectivity index (χ1) is 10.6. The fourth-order valence-electron chi connectivity index (χ4n) is 2.02. The Bertz CT molecular complexity index is 817. The van der Waals surface area contributed by atoms with Crippen LogP contribution in [0.2, 0.25) is 0 Å². The number of imidazole rings is 1. The van der Waals surface area contributed by atoms with Gasteiger partial charge in [-0.05, 0) is 31.2 Å². The molecule has 0 unspecified atom stereocenters. The number of hydrogen-bond donors (Lipinski definition) is 1. The van der Waals surface area contributed by atoms with E-state index in [4.69, 9.17) is 0 Å². The van der Waals surface area contributed by atoms with E-state index in [0.717, 1.165) is 9.84 Å². The van der Waals surface area contributed by atoms with Gasteiger partial charge in [-0.25, -0.2) is 9.78 Å². The van der Waals surface area contributed by atoms with Crippen LogP contribution in [-0.4, -0.2) is 28.4 Å². The van der Waals surface area contributed by atoms with Crippen molar-refractivity contribution in [1.29, 1.82) is 0 Å². The Labute approximate surface area is 130 Å². The van der Waals surface area contributed by atoms with Crippen LogP contribution >= 0.6 is 11.3 Å². The number of benzene rings is 1. The molecular weight excluding hydrogens is 302 g/mol. The van der Waals surface area contributed by atoms with Gasteiger partial charge in [-0.1, -0.05) is 0 Å². The van der Waals surface area contributed by atoms with E-state index in [1.165, 1.54) is 18.4 Å². The number of esters is 1. The summed E-state index contributed by atoms with van der Waals surface area (Å²) in [5.41, 5.74) is 1.37. The van der Waals surface area contributed by atoms with Crippen LogP contribution in [0.3, 0.4) is 0 Å². The van der Waals surface area contributed by atoms with Gasteiger partial charge in [-0.3, -0.25) is 9.20 Å². The lowest BCUT2D eigenvalue weighted by Gasteiger charge is -2.04. The highest BCUT2D eigenvalue weighted by Crippen LogP contribution is 2.18. The molecule has 1 N–H and O–H groups in total. The topological polar surface area (TPSA) is 72.7 Å². The van der Waals surface area contributed by atoms with Crippen LogP contribution in [-0.2, 0) is 4.74 Å². The Morgan fingerprint density at radius 3 is 2.59 bits per heavy atom. The van der Waals surface area contributed by atoms with Crippen molar-refractivity contribution in [2.24, 2.45) is 0 Å². The van der Waals surface area contributed by atoms with Crippen molar-refractivity contribution in [2.75, 3.05) is 12.4 Å². The summed E-state index contributed by atoms with van der Waals surface area (Å²) in [6.07, 6.45) is 3.62. The van der Waals surface area contributed by atoms with E-state index in [0.29, 0.717) is 16.9 Å². The highest BCUT2D eigenvalue weighted by molar-refractivity contribution is 7.17. The minimum atomic E-state index is -0.414. The first kappa shape index (κ1) is 14.3. The lowest BCUT2D eigenvalue weighted by molar-refractivity contribution is 0.0600. The molecule has 0 aliphatic heterocycles. The molecule has 22 heavy (non-hydrogen) atoms. The summed E-state index contributed by atoms with van der Waals surface area (Å²) >= 11 is 1.52. The number of methoxy groups -OCH3 is 1. The molecule has 0 aliphatic rings. The van der Waals surface area contributed by atoms with E-state index < -0.39 is 5.97 Å². The number of nitrogens with one attached hydrogen (secondary N) is 1. The SMILES string of the molecule is COC(=O)c1ccc(NC(=O)c2cn3cc(C)sc3n2)cc1. The van der Waals surface area contributed by atoms with Crippen LogP contribution < -0.4 is 5.32 Å². The molecule has 0 atom stereocenters. The van der Waals surface area contributed by atoms with Gasteiger partial charge in [0.15, 0.2) is 4.96 Å². The molecule has 0 spiro atoms. The van der Waals surface area contributed by atoms with Crippen LogP contribution in [0.5, 0.6) is 0 Å². The van der Waals surface area contributed by atoms with Gasteiger partial charge in [0.05, 0.1) is 12.7 Å². The van der Waals surface area contributed by atoms with E-state index >= 15 is 0 Å². The van der Waals surface area contributed by atoms with Crippen LogP contribution in [0.4, 0.5) is 5.69 Å². The number of thiazole rings is 1. The number of amides is 1. The predicted molar refractivity (Wildman–Crippen MR) is 83.5 cm³/mol. The first-order valence-corrected chi connectivity index (χ1v) is 7.33. The van der Waals surface area contributed by atoms with Crippen LogP contribution in [0.15, 0.2) is 36.7 Å². The third-order valence-corrected chi connectivity index (χ3v) is 3.98. The molecule has 2 heterocycles. The summed E-state index contributed by atoms with van der Waals surface area (Å²) in [7, 11) is 1.32. The Balaban J connectivity index is 1.75. The molecule has 112 valence electrons. The molecule has 0 radical (unpaired) electrons. The van der Waals surface area contributed by atoms with Gasteiger partial charge in [0.25, 0.3) is 5.91 Å². The summed E-state index contributed by atoms with van der Waals surface area (Å²) in [6, 6.07) is 6.48. The quantitative estimate of drug-likeness (QED) is 0.754. The summed E-state index contributed by atoms with van der Waals surface area (Å²) < 4.78 is 6.45. The van der Waals surface area contributed by atoms with Gasteiger partial charge in [0.2, 0.25) is 0 Å². The number of rotatable bonds is 3. The molecule has 0 bridgehead atoms. The minimum absolute atomic E-state index is 0.292. The van der Waals surface area contributed by atoms with Crippen molar-refractivity contribution in [3.63, 3.8) is 0 Å². The molecule has 0 aliphatic carbocycles. The van der Waals surface area contributed by atoms with Crippen molar-refractivity contribution in [3.8, 4) is 0 Å². The fraction of sp³-hybridized carbons (Fsp3) is 0.133. The normalized spacial score (nSPS) is 10.6. The maximum Gasteiger partial charge on any atom is 0.337 e. The van der Waals surface area contributed by atoms with Gasteiger partial charge in [-0.2, -0.15) is 0 Å². The van der Waals surface area contributed by atoms with Crippen molar-refractivity contribution >= 4 is 33.9 Å². The molecule has 0 saturated heterocycles. The zero-order chi connectivity index (χ0) is 15.7. The number of aromatic nitrogens is 2. The predicted octanol–water partition coefficient (Wildman–Crippen LogP) is 2.74. The lowest BCUT2D eigenvalue weighted by Crippen LogP contribution is -2.12. The summed E-state index contributed by atoms with van der Waals surface area (Å²) in [4.78, 5) is 29.7. The van der Waals surface area contributed by atoms with E-state index in [-0.39, 0.29) is 5.91 Å². The average molecular weight is 315 g/mol. The van der Waals surface area contributed by atoms with Crippen molar-refractivity contribution in [1.82, 2.24) is 9.38 Å². The number of ether oxygens (including phenoxy) is 1. The smallest absolute Gasteiger partial charge is 0.337 e. The molecule has 6 nitrogen and oxygen atoms in total. The molecule has 2 aromatic heterocycles. The van der Waals surface area contributed by atoms with Gasteiger partial charge >= 0.3 is 5.97 Å². The van der Waals surface area contributed by atoms with Crippen molar-refractivity contribution in [3.05, 3.63) is 52.8 Å². The summed E-state index contributed by atoms with van der Waals surface area (Å²) in [5, 5.41) is 2.75. The lowest BCUT2D eigenvalue weighted by atomic mass is 10.2.